The van der Waals surface area contributed by atoms with Gasteiger partial charge in [0.2, 0.25) is 41.9 Å². The first-order chi connectivity index (χ1) is 20.7. The molecular weight excluding hydrogens is 562 g/mol. The van der Waals surface area contributed by atoms with Crippen LogP contribution in [0.1, 0.15) is 44.1 Å². The van der Waals surface area contributed by atoms with Crippen molar-refractivity contribution >= 4 is 41.9 Å². The number of ether oxygens (including phenoxy) is 1. The van der Waals surface area contributed by atoms with Gasteiger partial charge in [0.25, 0.3) is 0 Å². The molecule has 1 aliphatic rings. The summed E-state index contributed by atoms with van der Waals surface area (Å²) in [5, 5.41) is 15.0. The van der Waals surface area contributed by atoms with Crippen LogP contribution in [0.5, 0.6) is 0 Å². The van der Waals surface area contributed by atoms with Crippen molar-refractivity contribution in [3.63, 3.8) is 0 Å². The summed E-state index contributed by atoms with van der Waals surface area (Å²) in [4.78, 5) is 82.8. The van der Waals surface area contributed by atoms with Crippen LogP contribution in [0, 0.1) is 5.92 Å². The minimum absolute atomic E-state index is 0.0879. The fourth-order valence-corrected chi connectivity index (χ4v) is 4.09. The number of hydrogen-bond acceptors (Lipinski definition) is 8. The molecule has 0 radical (unpaired) electrons. The van der Waals surface area contributed by atoms with E-state index in [0.717, 1.165) is 18.4 Å². The van der Waals surface area contributed by atoms with E-state index in [9.17, 15) is 33.6 Å². The number of nitrogens with one attached hydrogen (secondary N) is 6. The average Bonchev–Trinajstić information content (AvgIpc) is 2.96. The molecule has 0 heterocycles. The molecule has 2 rings (SSSR count). The lowest BCUT2D eigenvalue weighted by molar-refractivity contribution is -0.134. The lowest BCUT2D eigenvalue weighted by Gasteiger charge is -2.32. The molecule has 15 nitrogen and oxygen atoms in total. The Balaban J connectivity index is 1.71. The van der Waals surface area contributed by atoms with Crippen LogP contribution in [-0.2, 0) is 44.7 Å². The van der Waals surface area contributed by atoms with Crippen LogP contribution in [0.4, 0.5) is 0 Å². The highest BCUT2D eigenvalue weighted by atomic mass is 16.5. The number of carbonyl (C=O) groups excluding carboxylic acids is 7. The van der Waals surface area contributed by atoms with E-state index in [1.807, 2.05) is 6.07 Å². The van der Waals surface area contributed by atoms with Crippen molar-refractivity contribution in [3.8, 4) is 0 Å². The van der Waals surface area contributed by atoms with Crippen LogP contribution in [0.2, 0.25) is 0 Å². The molecule has 1 saturated carbocycles. The summed E-state index contributed by atoms with van der Waals surface area (Å²) in [7, 11) is 0. The van der Waals surface area contributed by atoms with E-state index in [1.165, 1.54) is 0 Å². The molecule has 1 aromatic rings. The van der Waals surface area contributed by atoms with Crippen molar-refractivity contribution in [1.82, 2.24) is 31.9 Å². The largest absolute Gasteiger partial charge is 0.369 e. The van der Waals surface area contributed by atoms with E-state index in [0.29, 0.717) is 32.2 Å². The zero-order valence-corrected chi connectivity index (χ0v) is 24.0. The first kappa shape index (κ1) is 34.7. The Labute approximate surface area is 249 Å². The second kappa shape index (κ2) is 19.6. The highest BCUT2D eigenvalue weighted by molar-refractivity contribution is 5.92. The van der Waals surface area contributed by atoms with Gasteiger partial charge < -0.3 is 42.4 Å². The van der Waals surface area contributed by atoms with Crippen molar-refractivity contribution in [2.45, 2.75) is 57.1 Å². The van der Waals surface area contributed by atoms with Gasteiger partial charge in [0.15, 0.2) is 0 Å². The highest BCUT2D eigenvalue weighted by Gasteiger charge is 2.33. The van der Waals surface area contributed by atoms with Gasteiger partial charge in [-0.1, -0.05) is 36.8 Å². The fraction of sp³-hybridized carbons (Fsp3) is 0.536. The van der Waals surface area contributed by atoms with Crippen molar-refractivity contribution < 1.29 is 38.3 Å². The normalized spacial score (nSPS) is 16.0. The predicted octanol–water partition coefficient (Wildman–Crippen LogP) is -2.28. The molecule has 236 valence electrons. The van der Waals surface area contributed by atoms with Crippen LogP contribution >= 0.6 is 0 Å². The van der Waals surface area contributed by atoms with Crippen molar-refractivity contribution in [3.05, 3.63) is 35.9 Å². The van der Waals surface area contributed by atoms with E-state index in [4.69, 9.17) is 10.5 Å². The van der Waals surface area contributed by atoms with E-state index < -0.39 is 36.2 Å². The van der Waals surface area contributed by atoms with Crippen LogP contribution in [0.15, 0.2) is 30.3 Å². The summed E-state index contributed by atoms with van der Waals surface area (Å²) in [6, 6.07) is 7.92. The minimum atomic E-state index is -1.03. The molecule has 1 aromatic carbocycles. The smallest absolute Gasteiger partial charge is 0.243 e. The molecule has 1 atom stereocenters. The molecule has 7 amide bonds. The van der Waals surface area contributed by atoms with Gasteiger partial charge in [-0.05, 0) is 31.2 Å². The Morgan fingerprint density at radius 3 is 2.19 bits per heavy atom. The Hall–Kier alpha value is -4.53. The van der Waals surface area contributed by atoms with E-state index >= 15 is 0 Å². The van der Waals surface area contributed by atoms with Crippen LogP contribution < -0.4 is 37.6 Å². The molecule has 0 aliphatic heterocycles. The molecule has 8 N–H and O–H groups in total. The van der Waals surface area contributed by atoms with Gasteiger partial charge in [0.1, 0.15) is 12.8 Å². The summed E-state index contributed by atoms with van der Waals surface area (Å²) in [5.74, 6) is -3.21. The number of unbranched alkanes of at least 4 members (excludes halogenated alkanes) is 2. The zero-order chi connectivity index (χ0) is 31.5. The van der Waals surface area contributed by atoms with E-state index in [2.05, 4.69) is 31.9 Å². The highest BCUT2D eigenvalue weighted by Crippen LogP contribution is 2.29. The van der Waals surface area contributed by atoms with Gasteiger partial charge in [-0.15, -0.1) is 0 Å². The third-order valence-corrected chi connectivity index (χ3v) is 6.64. The monoisotopic (exact) mass is 603 g/mol. The standard InChI is InChI=1S/C28H41N7O8/c29-27(41)20-12-21(13-20)43-18-34-25(39)15-33-28(42)22(11-19-7-3-1-4-8-19)35-26(40)16-32-24(38)14-31-23(37)9-5-2-6-10-30-17-36/h1,3-4,7-8,17,20-22H,2,5-6,9-16,18H2,(H2,29,41)(H,30,36)(H,31,37)(H,32,38)(H,33,42)(H,34,39)(H,35,40)/t20-,21+,22-/m0/s1. The molecule has 15 heteroatoms. The summed E-state index contributed by atoms with van der Waals surface area (Å²) in [6.45, 7) is -0.638. The van der Waals surface area contributed by atoms with Gasteiger partial charge in [0, 0.05) is 25.3 Å². The van der Waals surface area contributed by atoms with Gasteiger partial charge >= 0.3 is 0 Å². The first-order valence-electron chi connectivity index (χ1n) is 14.2. The van der Waals surface area contributed by atoms with Gasteiger partial charge in [-0.25, -0.2) is 0 Å². The quantitative estimate of drug-likeness (QED) is 0.0459. The first-order valence-corrected chi connectivity index (χ1v) is 14.2. The molecule has 0 aromatic heterocycles. The summed E-state index contributed by atoms with van der Waals surface area (Å²) in [5.41, 5.74) is 5.98. The Morgan fingerprint density at radius 1 is 0.837 bits per heavy atom. The number of primary amides is 1. The lowest BCUT2D eigenvalue weighted by atomic mass is 9.82. The third kappa shape index (κ3) is 14.8. The maximum atomic E-state index is 12.9. The number of amides is 7. The molecule has 0 saturated heterocycles. The van der Waals surface area contributed by atoms with Crippen molar-refractivity contribution in [2.75, 3.05) is 32.9 Å². The Morgan fingerprint density at radius 2 is 1.49 bits per heavy atom. The summed E-state index contributed by atoms with van der Waals surface area (Å²) >= 11 is 0. The number of nitrogens with two attached hydrogens (primary N) is 1. The molecule has 0 unspecified atom stereocenters. The van der Waals surface area contributed by atoms with E-state index in [1.54, 1.807) is 24.3 Å². The summed E-state index contributed by atoms with van der Waals surface area (Å²) < 4.78 is 5.45. The fourth-order valence-electron chi connectivity index (χ4n) is 4.09. The summed E-state index contributed by atoms with van der Waals surface area (Å²) in [6.07, 6.45) is 3.92. The molecule has 0 bridgehead atoms. The zero-order valence-electron chi connectivity index (χ0n) is 24.0. The number of benzene rings is 1. The van der Waals surface area contributed by atoms with Gasteiger partial charge in [-0.3, -0.25) is 33.6 Å². The number of rotatable bonds is 21. The predicted molar refractivity (Wildman–Crippen MR) is 153 cm³/mol. The van der Waals surface area contributed by atoms with Crippen LogP contribution in [0.3, 0.4) is 0 Å². The van der Waals surface area contributed by atoms with Crippen molar-refractivity contribution in [2.24, 2.45) is 11.7 Å². The maximum absolute atomic E-state index is 12.9. The van der Waals surface area contributed by atoms with Gasteiger partial charge in [0.05, 0.1) is 25.7 Å². The number of carbonyl (C=O) groups is 7. The topological polar surface area (TPSA) is 227 Å². The second-order valence-corrected chi connectivity index (χ2v) is 10.1. The third-order valence-electron chi connectivity index (χ3n) is 6.64. The van der Waals surface area contributed by atoms with Gasteiger partial charge in [-0.2, -0.15) is 0 Å². The Kier molecular flexibility index (Phi) is 15.8. The minimum Gasteiger partial charge on any atom is -0.369 e. The van der Waals surface area contributed by atoms with Crippen molar-refractivity contribution in [1.29, 1.82) is 0 Å². The lowest BCUT2D eigenvalue weighted by Crippen LogP contribution is -2.52. The average molecular weight is 604 g/mol. The van der Waals surface area contributed by atoms with Crippen LogP contribution in [-0.4, -0.2) is 86.9 Å². The SMILES string of the molecule is NC(=O)[C@H]1C[C@@H](OCNC(=O)CNC(=O)[C@H](Cc2ccccc2)NC(=O)CNC(=O)CNC(=O)CCCCCNC=O)C1. The number of hydrogen-bond donors (Lipinski definition) is 7. The van der Waals surface area contributed by atoms with E-state index in [-0.39, 0.29) is 56.5 Å². The van der Waals surface area contributed by atoms with Crippen LogP contribution in [0.25, 0.3) is 0 Å². The molecule has 0 spiro atoms. The maximum Gasteiger partial charge on any atom is 0.243 e. The molecular formula is C28H41N7O8. The molecule has 1 fully saturated rings. The molecule has 1 aliphatic carbocycles. The second-order valence-electron chi connectivity index (χ2n) is 10.1. The molecule has 43 heavy (non-hydrogen) atoms. The Bertz CT molecular complexity index is 1100.